The number of fused-ring (bicyclic) bond motifs is 1. The van der Waals surface area contributed by atoms with Gasteiger partial charge in [0.05, 0.1) is 11.6 Å². The Morgan fingerprint density at radius 3 is 3.06 bits per heavy atom. The molecule has 1 aliphatic rings. The van der Waals surface area contributed by atoms with Crippen LogP contribution in [0.5, 0.6) is 5.75 Å². The Hall–Kier alpha value is -0.700. The average molecular weight is 258 g/mol. The molecule has 86 valence electrons. The van der Waals surface area contributed by atoms with Crippen molar-refractivity contribution in [2.75, 3.05) is 13.2 Å². The van der Waals surface area contributed by atoms with Gasteiger partial charge in [0, 0.05) is 29.6 Å². The first-order chi connectivity index (χ1) is 7.72. The predicted molar refractivity (Wildman–Crippen MR) is 67.5 cm³/mol. The van der Waals surface area contributed by atoms with E-state index in [0.717, 1.165) is 24.3 Å². The summed E-state index contributed by atoms with van der Waals surface area (Å²) in [5.74, 6) is 0.749. The monoisotopic (exact) mass is 257 g/mol. The highest BCUT2D eigenvalue weighted by Crippen LogP contribution is 2.39. The lowest BCUT2D eigenvalue weighted by molar-refractivity contribution is 0.255. The number of halogens is 2. The van der Waals surface area contributed by atoms with Gasteiger partial charge in [0.15, 0.2) is 0 Å². The number of ether oxygens (including phenoxy) is 1. The lowest BCUT2D eigenvalue weighted by atomic mass is 10.0. The molecule has 0 spiro atoms. The Kier molecular flexibility index (Phi) is 3.74. The van der Waals surface area contributed by atoms with Gasteiger partial charge < -0.3 is 10.1 Å². The van der Waals surface area contributed by atoms with E-state index in [9.17, 15) is 0 Å². The molecule has 0 aliphatic carbocycles. The van der Waals surface area contributed by atoms with Gasteiger partial charge in [-0.05, 0) is 12.1 Å². The topological polar surface area (TPSA) is 21.3 Å². The van der Waals surface area contributed by atoms with Crippen molar-refractivity contribution in [1.29, 1.82) is 0 Å². The second kappa shape index (κ2) is 5.09. The zero-order chi connectivity index (χ0) is 11.5. The standard InChI is InChI=1S/C12H13Cl2NO/c1-2-4-15-11-3-5-16-12-9(11)6-8(13)7-10(12)14/h2,6-7,11,15H,1,3-5H2. The summed E-state index contributed by atoms with van der Waals surface area (Å²) in [7, 11) is 0. The van der Waals surface area contributed by atoms with E-state index in [0.29, 0.717) is 16.7 Å². The van der Waals surface area contributed by atoms with Crippen LogP contribution < -0.4 is 10.1 Å². The van der Waals surface area contributed by atoms with Crippen molar-refractivity contribution in [3.63, 3.8) is 0 Å². The molecule has 1 heterocycles. The van der Waals surface area contributed by atoms with Crippen molar-refractivity contribution < 1.29 is 4.74 Å². The van der Waals surface area contributed by atoms with Crippen LogP contribution in [-0.2, 0) is 0 Å². The molecule has 0 saturated heterocycles. The number of hydrogen-bond donors (Lipinski definition) is 1. The summed E-state index contributed by atoms with van der Waals surface area (Å²) in [6.45, 7) is 5.12. The second-order valence-electron chi connectivity index (χ2n) is 3.69. The van der Waals surface area contributed by atoms with Crippen LogP contribution >= 0.6 is 23.2 Å². The summed E-state index contributed by atoms with van der Waals surface area (Å²) in [5, 5.41) is 4.58. The zero-order valence-corrected chi connectivity index (χ0v) is 10.3. The molecule has 0 bridgehead atoms. The van der Waals surface area contributed by atoms with Gasteiger partial charge in [0.2, 0.25) is 0 Å². The van der Waals surface area contributed by atoms with Crippen LogP contribution in [0, 0.1) is 0 Å². The third-order valence-corrected chi connectivity index (χ3v) is 3.07. The van der Waals surface area contributed by atoms with E-state index in [1.807, 2.05) is 12.1 Å². The Labute approximate surface area is 105 Å². The molecule has 0 saturated carbocycles. The van der Waals surface area contributed by atoms with Crippen molar-refractivity contribution in [3.8, 4) is 5.75 Å². The second-order valence-corrected chi connectivity index (χ2v) is 4.54. The van der Waals surface area contributed by atoms with Gasteiger partial charge >= 0.3 is 0 Å². The van der Waals surface area contributed by atoms with E-state index in [4.69, 9.17) is 27.9 Å². The number of benzene rings is 1. The largest absolute Gasteiger partial charge is 0.492 e. The number of hydrogen-bond acceptors (Lipinski definition) is 2. The van der Waals surface area contributed by atoms with Crippen molar-refractivity contribution in [1.82, 2.24) is 5.32 Å². The third kappa shape index (κ3) is 2.34. The first-order valence-corrected chi connectivity index (χ1v) is 5.94. The lowest BCUT2D eigenvalue weighted by Crippen LogP contribution is -2.27. The molecule has 0 radical (unpaired) electrons. The highest BCUT2D eigenvalue weighted by atomic mass is 35.5. The summed E-state index contributed by atoms with van der Waals surface area (Å²) in [6, 6.07) is 3.85. The number of nitrogens with one attached hydrogen (secondary N) is 1. The first kappa shape index (κ1) is 11.8. The number of rotatable bonds is 3. The fraction of sp³-hybridized carbons (Fsp3) is 0.333. The van der Waals surface area contributed by atoms with Crippen LogP contribution in [0.15, 0.2) is 24.8 Å². The lowest BCUT2D eigenvalue weighted by Gasteiger charge is -2.27. The summed E-state index contributed by atoms with van der Waals surface area (Å²) in [5.41, 5.74) is 1.03. The molecule has 0 amide bonds. The summed E-state index contributed by atoms with van der Waals surface area (Å²) in [4.78, 5) is 0. The molecular formula is C12H13Cl2NO. The fourth-order valence-corrected chi connectivity index (χ4v) is 2.43. The van der Waals surface area contributed by atoms with Gasteiger partial charge in [-0.2, -0.15) is 0 Å². The molecule has 0 aromatic heterocycles. The minimum atomic E-state index is 0.234. The zero-order valence-electron chi connectivity index (χ0n) is 8.80. The highest BCUT2D eigenvalue weighted by Gasteiger charge is 2.23. The Morgan fingerprint density at radius 2 is 2.31 bits per heavy atom. The Morgan fingerprint density at radius 1 is 1.50 bits per heavy atom. The summed E-state index contributed by atoms with van der Waals surface area (Å²) < 4.78 is 5.56. The molecule has 0 fully saturated rings. The Balaban J connectivity index is 2.33. The van der Waals surface area contributed by atoms with E-state index in [-0.39, 0.29) is 6.04 Å². The SMILES string of the molecule is C=CCNC1CCOc2c(Cl)cc(Cl)cc21. The molecule has 2 rings (SSSR count). The van der Waals surface area contributed by atoms with Gasteiger partial charge in [-0.15, -0.1) is 6.58 Å². The molecule has 2 nitrogen and oxygen atoms in total. The maximum Gasteiger partial charge on any atom is 0.142 e. The van der Waals surface area contributed by atoms with Gasteiger partial charge in [0.25, 0.3) is 0 Å². The van der Waals surface area contributed by atoms with Crippen LogP contribution in [-0.4, -0.2) is 13.2 Å². The Bertz CT molecular complexity index is 406. The summed E-state index contributed by atoms with van der Waals surface area (Å²) in [6.07, 6.45) is 2.75. The summed E-state index contributed by atoms with van der Waals surface area (Å²) >= 11 is 12.1. The van der Waals surface area contributed by atoms with E-state index < -0.39 is 0 Å². The minimum absolute atomic E-state index is 0.234. The van der Waals surface area contributed by atoms with Gasteiger partial charge in [-0.25, -0.2) is 0 Å². The van der Waals surface area contributed by atoms with Crippen LogP contribution in [0.25, 0.3) is 0 Å². The van der Waals surface area contributed by atoms with Crippen LogP contribution in [0.3, 0.4) is 0 Å². The van der Waals surface area contributed by atoms with E-state index in [1.54, 1.807) is 6.07 Å². The smallest absolute Gasteiger partial charge is 0.142 e. The van der Waals surface area contributed by atoms with Crippen LogP contribution in [0.2, 0.25) is 10.0 Å². The van der Waals surface area contributed by atoms with Gasteiger partial charge in [0.1, 0.15) is 5.75 Å². The van der Waals surface area contributed by atoms with Crippen LogP contribution in [0.1, 0.15) is 18.0 Å². The van der Waals surface area contributed by atoms with Crippen LogP contribution in [0.4, 0.5) is 0 Å². The molecule has 1 aliphatic heterocycles. The molecule has 1 aromatic carbocycles. The van der Waals surface area contributed by atoms with E-state index in [1.165, 1.54) is 0 Å². The van der Waals surface area contributed by atoms with Crippen molar-refractivity contribution in [2.24, 2.45) is 0 Å². The maximum atomic E-state index is 6.09. The molecule has 4 heteroatoms. The molecule has 1 N–H and O–H groups in total. The van der Waals surface area contributed by atoms with E-state index in [2.05, 4.69) is 11.9 Å². The predicted octanol–water partition coefficient (Wildman–Crippen LogP) is 3.59. The van der Waals surface area contributed by atoms with Gasteiger partial charge in [-0.3, -0.25) is 0 Å². The first-order valence-electron chi connectivity index (χ1n) is 5.18. The van der Waals surface area contributed by atoms with Crippen molar-refractivity contribution in [2.45, 2.75) is 12.5 Å². The van der Waals surface area contributed by atoms with Gasteiger partial charge in [-0.1, -0.05) is 29.3 Å². The van der Waals surface area contributed by atoms with Crippen molar-refractivity contribution in [3.05, 3.63) is 40.4 Å². The third-order valence-electron chi connectivity index (χ3n) is 2.57. The quantitative estimate of drug-likeness (QED) is 0.836. The normalized spacial score (nSPS) is 18.8. The maximum absolute atomic E-state index is 6.09. The molecule has 1 atom stereocenters. The molecule has 16 heavy (non-hydrogen) atoms. The molecule has 1 aromatic rings. The molecule has 1 unspecified atom stereocenters. The highest BCUT2D eigenvalue weighted by molar-refractivity contribution is 6.35. The van der Waals surface area contributed by atoms with Crippen molar-refractivity contribution >= 4 is 23.2 Å². The minimum Gasteiger partial charge on any atom is -0.492 e. The fourth-order valence-electron chi connectivity index (χ4n) is 1.86. The average Bonchev–Trinajstić information content (AvgIpc) is 2.26. The van der Waals surface area contributed by atoms with E-state index >= 15 is 0 Å². The molecular weight excluding hydrogens is 245 g/mol.